The highest BCUT2D eigenvalue weighted by atomic mass is 16.1. The second-order valence-corrected chi connectivity index (χ2v) is 5.92. The molecular formula is C15H21N3O. The van der Waals surface area contributed by atoms with E-state index in [2.05, 4.69) is 23.4 Å². The number of amides is 1. The van der Waals surface area contributed by atoms with Gasteiger partial charge in [0.05, 0.1) is 18.3 Å². The zero-order valence-corrected chi connectivity index (χ0v) is 12.0. The topological polar surface area (TPSA) is 46.9 Å². The van der Waals surface area contributed by atoms with Gasteiger partial charge in [-0.2, -0.15) is 5.10 Å². The first-order valence-electron chi connectivity index (χ1n) is 6.59. The number of carbonyl (C=O) groups is 1. The average Bonchev–Trinajstić information content (AvgIpc) is 2.69. The fourth-order valence-electron chi connectivity index (χ4n) is 2.11. The third-order valence-electron chi connectivity index (χ3n) is 2.97. The van der Waals surface area contributed by atoms with Crippen LogP contribution in [-0.4, -0.2) is 21.2 Å². The summed E-state index contributed by atoms with van der Waals surface area (Å²) in [7, 11) is 0. The number of nitrogens with zero attached hydrogens (tertiary/aromatic N) is 2. The first-order valence-corrected chi connectivity index (χ1v) is 6.59. The molecule has 0 radical (unpaired) electrons. The molecule has 1 aromatic carbocycles. The van der Waals surface area contributed by atoms with Gasteiger partial charge in [-0.05, 0) is 39.3 Å². The molecule has 0 fully saturated rings. The van der Waals surface area contributed by atoms with E-state index in [1.54, 1.807) is 0 Å². The molecule has 0 spiro atoms. The molecule has 4 heteroatoms. The largest absolute Gasteiger partial charge is 0.351 e. The molecule has 1 heterocycles. The van der Waals surface area contributed by atoms with Gasteiger partial charge in [-0.25, -0.2) is 0 Å². The Labute approximate surface area is 113 Å². The molecule has 1 aromatic heterocycles. The van der Waals surface area contributed by atoms with Crippen molar-refractivity contribution in [1.82, 2.24) is 15.1 Å². The highest BCUT2D eigenvalue weighted by molar-refractivity contribution is 5.82. The predicted octanol–water partition coefficient (Wildman–Crippen LogP) is 2.65. The minimum Gasteiger partial charge on any atom is -0.351 e. The number of benzene rings is 1. The Morgan fingerprint density at radius 1 is 1.37 bits per heavy atom. The van der Waals surface area contributed by atoms with E-state index in [0.717, 1.165) is 10.9 Å². The number of fused-ring (bicyclic) bond motifs is 1. The van der Waals surface area contributed by atoms with Crippen LogP contribution in [0.15, 0.2) is 24.4 Å². The van der Waals surface area contributed by atoms with E-state index < -0.39 is 0 Å². The molecule has 0 unspecified atom stereocenters. The third kappa shape index (κ3) is 3.34. The van der Waals surface area contributed by atoms with E-state index in [1.807, 2.05) is 43.8 Å². The first-order chi connectivity index (χ1) is 8.87. The maximum atomic E-state index is 11.8. The number of hydrogen-bond acceptors (Lipinski definition) is 2. The van der Waals surface area contributed by atoms with E-state index in [-0.39, 0.29) is 11.4 Å². The molecule has 2 rings (SSSR count). The molecule has 2 aromatic rings. The smallest absolute Gasteiger partial charge is 0.222 e. The highest BCUT2D eigenvalue weighted by Crippen LogP contribution is 2.17. The van der Waals surface area contributed by atoms with Crippen molar-refractivity contribution in [3.8, 4) is 0 Å². The van der Waals surface area contributed by atoms with E-state index in [0.29, 0.717) is 13.0 Å². The second-order valence-electron chi connectivity index (χ2n) is 5.92. The lowest BCUT2D eigenvalue weighted by Crippen LogP contribution is -2.40. The van der Waals surface area contributed by atoms with Crippen LogP contribution in [-0.2, 0) is 11.3 Å². The minimum absolute atomic E-state index is 0.0591. The molecule has 102 valence electrons. The van der Waals surface area contributed by atoms with Gasteiger partial charge in [0.1, 0.15) is 0 Å². The van der Waals surface area contributed by atoms with Gasteiger partial charge >= 0.3 is 0 Å². The van der Waals surface area contributed by atoms with Crippen LogP contribution >= 0.6 is 0 Å². The molecule has 0 atom stereocenters. The minimum atomic E-state index is -0.181. The van der Waals surface area contributed by atoms with Crippen molar-refractivity contribution >= 4 is 16.8 Å². The molecule has 0 saturated heterocycles. The average molecular weight is 259 g/mol. The maximum absolute atomic E-state index is 11.8. The summed E-state index contributed by atoms with van der Waals surface area (Å²) in [5.41, 5.74) is 2.12. The van der Waals surface area contributed by atoms with E-state index in [9.17, 15) is 4.79 Å². The van der Waals surface area contributed by atoms with Gasteiger partial charge in [0.25, 0.3) is 0 Å². The van der Waals surface area contributed by atoms with Crippen LogP contribution in [0.2, 0.25) is 0 Å². The Morgan fingerprint density at radius 2 is 2.11 bits per heavy atom. The summed E-state index contributed by atoms with van der Waals surface area (Å²) >= 11 is 0. The lowest BCUT2D eigenvalue weighted by atomic mass is 10.1. The number of rotatable bonds is 3. The first kappa shape index (κ1) is 13.6. The molecule has 0 aliphatic rings. The van der Waals surface area contributed by atoms with Gasteiger partial charge in [0, 0.05) is 17.3 Å². The van der Waals surface area contributed by atoms with Crippen molar-refractivity contribution in [2.75, 3.05) is 0 Å². The zero-order chi connectivity index (χ0) is 14.0. The summed E-state index contributed by atoms with van der Waals surface area (Å²) in [6.45, 7) is 8.63. The third-order valence-corrected chi connectivity index (χ3v) is 2.97. The fraction of sp³-hybridized carbons (Fsp3) is 0.467. The van der Waals surface area contributed by atoms with E-state index >= 15 is 0 Å². The number of carbonyl (C=O) groups excluding carboxylic acids is 1. The summed E-state index contributed by atoms with van der Waals surface area (Å²) in [4.78, 5) is 11.8. The Hall–Kier alpha value is -1.84. The van der Waals surface area contributed by atoms with Crippen molar-refractivity contribution in [3.63, 3.8) is 0 Å². The van der Waals surface area contributed by atoms with Crippen molar-refractivity contribution in [2.24, 2.45) is 0 Å². The quantitative estimate of drug-likeness (QED) is 0.921. The standard InChI is InChI=1S/C15H21N3O/c1-11-6-5-7-13-12(11)10-16-18(13)9-8-14(19)17-15(2,3)4/h5-7,10H,8-9H2,1-4H3,(H,17,19). The molecule has 4 nitrogen and oxygen atoms in total. The van der Waals surface area contributed by atoms with Gasteiger partial charge in [-0.1, -0.05) is 12.1 Å². The summed E-state index contributed by atoms with van der Waals surface area (Å²) in [5, 5.41) is 8.47. The summed E-state index contributed by atoms with van der Waals surface area (Å²) in [5.74, 6) is 0.0591. The van der Waals surface area contributed by atoms with E-state index in [1.165, 1.54) is 5.56 Å². The number of aryl methyl sites for hydroxylation is 2. The van der Waals surface area contributed by atoms with E-state index in [4.69, 9.17) is 0 Å². The lowest BCUT2D eigenvalue weighted by Gasteiger charge is -2.20. The normalized spacial score (nSPS) is 11.8. The van der Waals surface area contributed by atoms with Crippen LogP contribution in [0.5, 0.6) is 0 Å². The molecule has 1 amide bonds. The van der Waals surface area contributed by atoms with Gasteiger partial charge in [0.15, 0.2) is 0 Å². The van der Waals surface area contributed by atoms with Gasteiger partial charge in [0.2, 0.25) is 5.91 Å². The molecule has 19 heavy (non-hydrogen) atoms. The summed E-state index contributed by atoms with van der Waals surface area (Å²) in [6.07, 6.45) is 2.31. The Morgan fingerprint density at radius 3 is 2.79 bits per heavy atom. The lowest BCUT2D eigenvalue weighted by molar-refractivity contribution is -0.122. The van der Waals surface area contributed by atoms with Crippen LogP contribution in [0.4, 0.5) is 0 Å². The van der Waals surface area contributed by atoms with Crippen molar-refractivity contribution in [2.45, 2.75) is 46.2 Å². The number of aromatic nitrogens is 2. The Bertz CT molecular complexity index is 593. The fourth-order valence-corrected chi connectivity index (χ4v) is 2.11. The van der Waals surface area contributed by atoms with Crippen molar-refractivity contribution < 1.29 is 4.79 Å². The maximum Gasteiger partial charge on any atom is 0.222 e. The monoisotopic (exact) mass is 259 g/mol. The molecular weight excluding hydrogens is 238 g/mol. The second kappa shape index (κ2) is 5.03. The van der Waals surface area contributed by atoms with Gasteiger partial charge < -0.3 is 5.32 Å². The molecule has 1 N–H and O–H groups in total. The van der Waals surface area contributed by atoms with Gasteiger partial charge in [-0.15, -0.1) is 0 Å². The van der Waals surface area contributed by atoms with Crippen molar-refractivity contribution in [1.29, 1.82) is 0 Å². The Balaban J connectivity index is 2.07. The highest BCUT2D eigenvalue weighted by Gasteiger charge is 2.14. The number of hydrogen-bond donors (Lipinski definition) is 1. The molecule has 0 bridgehead atoms. The number of nitrogens with one attached hydrogen (secondary N) is 1. The van der Waals surface area contributed by atoms with Crippen LogP contribution in [0.3, 0.4) is 0 Å². The molecule has 0 aliphatic carbocycles. The van der Waals surface area contributed by atoms with Crippen LogP contribution in [0, 0.1) is 6.92 Å². The predicted molar refractivity (Wildman–Crippen MR) is 77.0 cm³/mol. The van der Waals surface area contributed by atoms with Crippen LogP contribution in [0.1, 0.15) is 32.8 Å². The Kier molecular flexibility index (Phi) is 3.60. The van der Waals surface area contributed by atoms with Gasteiger partial charge in [-0.3, -0.25) is 9.48 Å². The zero-order valence-electron chi connectivity index (χ0n) is 12.0. The SMILES string of the molecule is Cc1cccc2c1cnn2CCC(=O)NC(C)(C)C. The molecule has 0 saturated carbocycles. The van der Waals surface area contributed by atoms with Crippen molar-refractivity contribution in [3.05, 3.63) is 30.0 Å². The van der Waals surface area contributed by atoms with Crippen LogP contribution < -0.4 is 5.32 Å². The summed E-state index contributed by atoms with van der Waals surface area (Å²) in [6, 6.07) is 6.13. The summed E-state index contributed by atoms with van der Waals surface area (Å²) < 4.78 is 1.89. The molecule has 0 aliphatic heterocycles. The van der Waals surface area contributed by atoms with Crippen LogP contribution in [0.25, 0.3) is 10.9 Å².